The molecule has 1 heteroatoms. The summed E-state index contributed by atoms with van der Waals surface area (Å²) >= 11 is 0. The molecule has 0 aromatic rings. The molecule has 2 fully saturated rings. The first-order chi connectivity index (χ1) is 8.34. The van der Waals surface area contributed by atoms with Crippen molar-refractivity contribution in [1.82, 2.24) is 5.32 Å². The van der Waals surface area contributed by atoms with Crippen LogP contribution in [0.25, 0.3) is 0 Å². The van der Waals surface area contributed by atoms with Crippen LogP contribution in [0, 0.1) is 23.2 Å². The standard InChI is InChI=1S/C17H33N/c1-12-6-13(2)8-15(7-12)18-16-9-14(3)10-17(4,5)11-16/h12-16,18H,6-11H2,1-5H3. The minimum atomic E-state index is 0.543. The molecular weight excluding hydrogens is 218 g/mol. The molecule has 0 radical (unpaired) electrons. The lowest BCUT2D eigenvalue weighted by Crippen LogP contribution is -2.47. The fraction of sp³-hybridized carbons (Fsp3) is 1.00. The SMILES string of the molecule is CC1CC(C)CC(NC2CC(C)CC(C)(C)C2)C1. The quantitative estimate of drug-likeness (QED) is 0.755. The molecule has 2 rings (SSSR count). The van der Waals surface area contributed by atoms with Crippen molar-refractivity contribution in [2.75, 3.05) is 0 Å². The summed E-state index contributed by atoms with van der Waals surface area (Å²) in [6.45, 7) is 12.2. The summed E-state index contributed by atoms with van der Waals surface area (Å²) in [7, 11) is 0. The van der Waals surface area contributed by atoms with Crippen molar-refractivity contribution in [2.45, 2.75) is 85.2 Å². The molecule has 18 heavy (non-hydrogen) atoms. The number of hydrogen-bond acceptors (Lipinski definition) is 1. The fourth-order valence-electron chi connectivity index (χ4n) is 4.89. The van der Waals surface area contributed by atoms with E-state index in [2.05, 4.69) is 39.9 Å². The van der Waals surface area contributed by atoms with Crippen LogP contribution < -0.4 is 5.32 Å². The number of rotatable bonds is 2. The third kappa shape index (κ3) is 3.98. The molecule has 2 aliphatic rings. The zero-order chi connectivity index (χ0) is 13.3. The number of hydrogen-bond donors (Lipinski definition) is 1. The van der Waals surface area contributed by atoms with Crippen molar-refractivity contribution in [2.24, 2.45) is 23.2 Å². The average molecular weight is 251 g/mol. The van der Waals surface area contributed by atoms with Crippen LogP contribution in [-0.4, -0.2) is 12.1 Å². The Morgan fingerprint density at radius 3 is 1.83 bits per heavy atom. The Hall–Kier alpha value is -0.0400. The molecule has 0 amide bonds. The van der Waals surface area contributed by atoms with E-state index >= 15 is 0 Å². The Morgan fingerprint density at radius 2 is 1.28 bits per heavy atom. The van der Waals surface area contributed by atoms with Crippen LogP contribution in [0.4, 0.5) is 0 Å². The minimum absolute atomic E-state index is 0.543. The monoisotopic (exact) mass is 251 g/mol. The molecule has 0 aromatic heterocycles. The van der Waals surface area contributed by atoms with Crippen molar-refractivity contribution in [3.05, 3.63) is 0 Å². The van der Waals surface area contributed by atoms with Gasteiger partial charge in [0.2, 0.25) is 0 Å². The summed E-state index contributed by atoms with van der Waals surface area (Å²) in [4.78, 5) is 0. The van der Waals surface area contributed by atoms with Gasteiger partial charge in [-0.05, 0) is 61.7 Å². The maximum atomic E-state index is 4.00. The Bertz CT molecular complexity index is 261. The summed E-state index contributed by atoms with van der Waals surface area (Å²) in [5, 5.41) is 4.00. The van der Waals surface area contributed by atoms with Gasteiger partial charge in [-0.25, -0.2) is 0 Å². The second-order valence-electron chi connectivity index (χ2n) is 8.39. The smallest absolute Gasteiger partial charge is 0.00772 e. The lowest BCUT2D eigenvalue weighted by atomic mass is 9.70. The highest BCUT2D eigenvalue weighted by atomic mass is 15.0. The Kier molecular flexibility index (Phi) is 4.41. The average Bonchev–Trinajstić information content (AvgIpc) is 2.10. The molecule has 0 heterocycles. The summed E-state index contributed by atoms with van der Waals surface area (Å²) in [6, 6.07) is 1.56. The van der Waals surface area contributed by atoms with E-state index in [1.54, 1.807) is 0 Å². The van der Waals surface area contributed by atoms with Crippen molar-refractivity contribution in [1.29, 1.82) is 0 Å². The van der Waals surface area contributed by atoms with E-state index in [0.29, 0.717) is 5.41 Å². The first-order valence-electron chi connectivity index (χ1n) is 8.10. The van der Waals surface area contributed by atoms with Gasteiger partial charge in [-0.3, -0.25) is 0 Å². The fourth-order valence-corrected chi connectivity index (χ4v) is 4.89. The maximum Gasteiger partial charge on any atom is 0.00772 e. The van der Waals surface area contributed by atoms with E-state index in [-0.39, 0.29) is 0 Å². The van der Waals surface area contributed by atoms with Gasteiger partial charge in [0, 0.05) is 12.1 Å². The van der Waals surface area contributed by atoms with E-state index < -0.39 is 0 Å². The molecule has 0 saturated heterocycles. The van der Waals surface area contributed by atoms with Crippen LogP contribution in [-0.2, 0) is 0 Å². The lowest BCUT2D eigenvalue weighted by Gasteiger charge is -2.42. The largest absolute Gasteiger partial charge is 0.311 e. The molecule has 2 saturated carbocycles. The van der Waals surface area contributed by atoms with Gasteiger partial charge in [-0.15, -0.1) is 0 Å². The molecule has 0 aliphatic heterocycles. The zero-order valence-corrected chi connectivity index (χ0v) is 13.1. The molecule has 1 nitrogen and oxygen atoms in total. The molecule has 0 aromatic carbocycles. The maximum absolute atomic E-state index is 4.00. The topological polar surface area (TPSA) is 12.0 Å². The first kappa shape index (κ1) is 14.4. The van der Waals surface area contributed by atoms with E-state index in [1.165, 1.54) is 38.5 Å². The Labute approximate surface area is 114 Å². The molecule has 4 atom stereocenters. The van der Waals surface area contributed by atoms with Crippen molar-refractivity contribution >= 4 is 0 Å². The Morgan fingerprint density at radius 1 is 0.722 bits per heavy atom. The van der Waals surface area contributed by atoms with Gasteiger partial charge in [-0.1, -0.05) is 34.6 Å². The molecule has 2 aliphatic carbocycles. The van der Waals surface area contributed by atoms with Crippen LogP contribution in [0.3, 0.4) is 0 Å². The molecule has 106 valence electrons. The van der Waals surface area contributed by atoms with Crippen molar-refractivity contribution < 1.29 is 0 Å². The van der Waals surface area contributed by atoms with Gasteiger partial charge in [0.05, 0.1) is 0 Å². The highest BCUT2D eigenvalue weighted by molar-refractivity contribution is 4.90. The van der Waals surface area contributed by atoms with Crippen LogP contribution in [0.2, 0.25) is 0 Å². The molecular formula is C17H33N. The summed E-state index contributed by atoms with van der Waals surface area (Å²) in [5.41, 5.74) is 0.543. The lowest BCUT2D eigenvalue weighted by molar-refractivity contribution is 0.128. The summed E-state index contributed by atoms with van der Waals surface area (Å²) in [6.07, 6.45) is 8.40. The third-order valence-corrected chi connectivity index (χ3v) is 5.04. The van der Waals surface area contributed by atoms with Gasteiger partial charge < -0.3 is 5.32 Å². The van der Waals surface area contributed by atoms with Crippen LogP contribution >= 0.6 is 0 Å². The van der Waals surface area contributed by atoms with Crippen molar-refractivity contribution in [3.8, 4) is 0 Å². The molecule has 0 bridgehead atoms. The molecule has 4 unspecified atom stereocenters. The van der Waals surface area contributed by atoms with Gasteiger partial charge in [0.1, 0.15) is 0 Å². The predicted octanol–water partition coefficient (Wildman–Crippen LogP) is 4.62. The van der Waals surface area contributed by atoms with E-state index in [0.717, 1.165) is 29.8 Å². The van der Waals surface area contributed by atoms with Crippen LogP contribution in [0.15, 0.2) is 0 Å². The van der Waals surface area contributed by atoms with Crippen LogP contribution in [0.1, 0.15) is 73.1 Å². The van der Waals surface area contributed by atoms with Gasteiger partial charge in [0.25, 0.3) is 0 Å². The summed E-state index contributed by atoms with van der Waals surface area (Å²) in [5.74, 6) is 2.73. The van der Waals surface area contributed by atoms with E-state index in [4.69, 9.17) is 0 Å². The summed E-state index contributed by atoms with van der Waals surface area (Å²) < 4.78 is 0. The third-order valence-electron chi connectivity index (χ3n) is 5.04. The highest BCUT2D eigenvalue weighted by Crippen LogP contribution is 2.39. The van der Waals surface area contributed by atoms with E-state index in [1.807, 2.05) is 0 Å². The zero-order valence-electron chi connectivity index (χ0n) is 13.1. The van der Waals surface area contributed by atoms with Gasteiger partial charge >= 0.3 is 0 Å². The molecule has 1 N–H and O–H groups in total. The minimum Gasteiger partial charge on any atom is -0.311 e. The van der Waals surface area contributed by atoms with Gasteiger partial charge in [-0.2, -0.15) is 0 Å². The first-order valence-corrected chi connectivity index (χ1v) is 8.10. The second-order valence-corrected chi connectivity index (χ2v) is 8.39. The Balaban J connectivity index is 1.88. The van der Waals surface area contributed by atoms with Crippen molar-refractivity contribution in [3.63, 3.8) is 0 Å². The van der Waals surface area contributed by atoms with Crippen LogP contribution in [0.5, 0.6) is 0 Å². The molecule has 0 spiro atoms. The van der Waals surface area contributed by atoms with Gasteiger partial charge in [0.15, 0.2) is 0 Å². The number of nitrogens with one attached hydrogen (secondary N) is 1. The highest BCUT2D eigenvalue weighted by Gasteiger charge is 2.34. The van der Waals surface area contributed by atoms with E-state index in [9.17, 15) is 0 Å². The second kappa shape index (κ2) is 5.53. The normalized spacial score (nSPS) is 44.8. The predicted molar refractivity (Wildman–Crippen MR) is 79.7 cm³/mol.